The van der Waals surface area contributed by atoms with Gasteiger partial charge in [0.15, 0.2) is 0 Å². The first-order valence-electron chi connectivity index (χ1n) is 8.46. The van der Waals surface area contributed by atoms with Gasteiger partial charge in [0, 0.05) is 11.4 Å². The molecule has 25 heavy (non-hydrogen) atoms. The van der Waals surface area contributed by atoms with E-state index in [1.54, 1.807) is 35.6 Å². The van der Waals surface area contributed by atoms with Crippen molar-refractivity contribution in [2.45, 2.75) is 32.7 Å². The van der Waals surface area contributed by atoms with E-state index in [1.165, 1.54) is 15.3 Å². The lowest BCUT2D eigenvalue weighted by atomic mass is 10.2. The second kappa shape index (κ2) is 7.80. The van der Waals surface area contributed by atoms with Crippen LogP contribution in [0, 0.1) is 6.92 Å². The molecule has 5 nitrogen and oxygen atoms in total. The first-order chi connectivity index (χ1) is 12.1. The summed E-state index contributed by atoms with van der Waals surface area (Å²) in [7, 11) is 0. The Morgan fingerprint density at radius 3 is 2.64 bits per heavy atom. The second-order valence-corrected chi connectivity index (χ2v) is 6.98. The van der Waals surface area contributed by atoms with Crippen LogP contribution < -0.4 is 15.0 Å². The summed E-state index contributed by atoms with van der Waals surface area (Å²) >= 11 is 1.72. The number of ether oxygens (including phenoxy) is 1. The molecule has 2 aromatic rings. The number of hydrogen-bond donors (Lipinski definition) is 1. The van der Waals surface area contributed by atoms with Crippen LogP contribution in [0.4, 0.5) is 5.69 Å². The summed E-state index contributed by atoms with van der Waals surface area (Å²) in [5, 5.41) is 5.30. The lowest BCUT2D eigenvalue weighted by molar-refractivity contribution is -0.121. The fraction of sp³-hybridized carbons (Fsp3) is 0.368. The minimum atomic E-state index is -0.445. The Hall–Kier alpha value is -2.18. The number of anilines is 1. The normalized spacial score (nSPS) is 17.4. The third-order valence-corrected chi connectivity index (χ3v) is 5.35. The van der Waals surface area contributed by atoms with Gasteiger partial charge < -0.3 is 10.1 Å². The van der Waals surface area contributed by atoms with Gasteiger partial charge in [-0.1, -0.05) is 0 Å². The molecule has 1 atom stereocenters. The SMILES string of the molecule is CCOc1ccc(N2C(=O)C[C@H](NCCc3sccc3C)C2=O)cc1. The Balaban J connectivity index is 1.60. The minimum Gasteiger partial charge on any atom is -0.494 e. The lowest BCUT2D eigenvalue weighted by Crippen LogP contribution is -2.39. The first kappa shape index (κ1) is 17.6. The van der Waals surface area contributed by atoms with Gasteiger partial charge in [0.1, 0.15) is 5.75 Å². The fourth-order valence-electron chi connectivity index (χ4n) is 2.94. The molecular weight excluding hydrogens is 336 g/mol. The number of benzene rings is 1. The predicted octanol–water partition coefficient (Wildman–Crippen LogP) is 2.92. The standard InChI is InChI=1S/C19H22N2O3S/c1-3-24-15-6-4-14(5-7-15)21-18(22)12-16(19(21)23)20-10-8-17-13(2)9-11-25-17/h4-7,9,11,16,20H,3,8,10,12H2,1-2H3/t16-/m0/s1. The van der Waals surface area contributed by atoms with Crippen molar-refractivity contribution in [3.8, 4) is 5.75 Å². The molecule has 0 bridgehead atoms. The molecule has 1 aliphatic rings. The van der Waals surface area contributed by atoms with Gasteiger partial charge in [-0.3, -0.25) is 9.59 Å². The summed E-state index contributed by atoms with van der Waals surface area (Å²) < 4.78 is 5.40. The van der Waals surface area contributed by atoms with Crippen molar-refractivity contribution in [3.05, 3.63) is 46.2 Å². The quantitative estimate of drug-likeness (QED) is 0.773. The van der Waals surface area contributed by atoms with E-state index in [0.717, 1.165) is 12.2 Å². The summed E-state index contributed by atoms with van der Waals surface area (Å²) in [6.45, 7) is 5.26. The number of thiophene rings is 1. The third-order valence-electron chi connectivity index (χ3n) is 4.26. The number of hydrogen-bond acceptors (Lipinski definition) is 5. The Morgan fingerprint density at radius 2 is 2.00 bits per heavy atom. The number of rotatable bonds is 7. The van der Waals surface area contributed by atoms with Gasteiger partial charge >= 0.3 is 0 Å². The molecule has 6 heteroatoms. The van der Waals surface area contributed by atoms with Crippen LogP contribution in [0.2, 0.25) is 0 Å². The monoisotopic (exact) mass is 358 g/mol. The maximum atomic E-state index is 12.6. The van der Waals surface area contributed by atoms with Crippen LogP contribution >= 0.6 is 11.3 Å². The van der Waals surface area contributed by atoms with Gasteiger partial charge in [0.25, 0.3) is 5.91 Å². The molecule has 1 aliphatic heterocycles. The van der Waals surface area contributed by atoms with Crippen LogP contribution in [0.15, 0.2) is 35.7 Å². The molecule has 1 fully saturated rings. The zero-order chi connectivity index (χ0) is 17.8. The minimum absolute atomic E-state index is 0.168. The molecule has 3 rings (SSSR count). The van der Waals surface area contributed by atoms with Crippen LogP contribution in [-0.2, 0) is 16.0 Å². The van der Waals surface area contributed by atoms with Crippen molar-refractivity contribution in [1.29, 1.82) is 0 Å². The molecule has 2 heterocycles. The highest BCUT2D eigenvalue weighted by Gasteiger charge is 2.39. The van der Waals surface area contributed by atoms with Crippen LogP contribution in [0.5, 0.6) is 5.75 Å². The summed E-state index contributed by atoms with van der Waals surface area (Å²) in [6.07, 6.45) is 1.07. The summed E-state index contributed by atoms with van der Waals surface area (Å²) in [6, 6.07) is 8.70. The highest BCUT2D eigenvalue weighted by molar-refractivity contribution is 7.10. The average molecular weight is 358 g/mol. The fourth-order valence-corrected chi connectivity index (χ4v) is 3.85. The molecule has 1 N–H and O–H groups in total. The molecule has 1 saturated heterocycles. The summed E-state index contributed by atoms with van der Waals surface area (Å²) in [5.41, 5.74) is 1.87. The summed E-state index contributed by atoms with van der Waals surface area (Å²) in [5.74, 6) is 0.377. The van der Waals surface area contributed by atoms with E-state index in [1.807, 2.05) is 6.92 Å². The van der Waals surface area contributed by atoms with Crippen LogP contribution in [0.25, 0.3) is 0 Å². The van der Waals surface area contributed by atoms with Crippen molar-refractivity contribution >= 4 is 28.8 Å². The molecule has 0 unspecified atom stereocenters. The number of amides is 2. The Kier molecular flexibility index (Phi) is 5.50. The first-order valence-corrected chi connectivity index (χ1v) is 9.34. The van der Waals surface area contributed by atoms with Crippen LogP contribution in [0.3, 0.4) is 0 Å². The molecule has 132 valence electrons. The number of nitrogens with one attached hydrogen (secondary N) is 1. The Morgan fingerprint density at radius 1 is 1.24 bits per heavy atom. The van der Waals surface area contributed by atoms with Gasteiger partial charge in [0.05, 0.1) is 24.8 Å². The smallest absolute Gasteiger partial charge is 0.251 e. The van der Waals surface area contributed by atoms with Crippen LogP contribution in [-0.4, -0.2) is 31.0 Å². The zero-order valence-corrected chi connectivity index (χ0v) is 15.3. The third kappa shape index (κ3) is 3.91. The van der Waals surface area contributed by atoms with Crippen molar-refractivity contribution in [1.82, 2.24) is 5.32 Å². The zero-order valence-electron chi connectivity index (χ0n) is 14.5. The highest BCUT2D eigenvalue weighted by Crippen LogP contribution is 2.25. The van der Waals surface area contributed by atoms with E-state index < -0.39 is 6.04 Å². The van der Waals surface area contributed by atoms with E-state index in [0.29, 0.717) is 18.8 Å². The molecule has 0 spiro atoms. The maximum absolute atomic E-state index is 12.6. The second-order valence-electron chi connectivity index (χ2n) is 5.98. The molecule has 0 saturated carbocycles. The number of carbonyl (C=O) groups is 2. The van der Waals surface area contributed by atoms with E-state index >= 15 is 0 Å². The van der Waals surface area contributed by atoms with Gasteiger partial charge in [-0.15, -0.1) is 11.3 Å². The molecule has 0 aliphatic carbocycles. The van der Waals surface area contributed by atoms with Crippen molar-refractivity contribution in [3.63, 3.8) is 0 Å². The number of nitrogens with zero attached hydrogens (tertiary/aromatic N) is 1. The molecule has 2 amide bonds. The number of aryl methyl sites for hydroxylation is 1. The van der Waals surface area contributed by atoms with E-state index in [2.05, 4.69) is 23.7 Å². The number of imide groups is 1. The van der Waals surface area contributed by atoms with E-state index in [-0.39, 0.29) is 18.2 Å². The van der Waals surface area contributed by atoms with Crippen LogP contribution in [0.1, 0.15) is 23.8 Å². The molecule has 1 aromatic carbocycles. The van der Waals surface area contributed by atoms with Gasteiger partial charge in [-0.25, -0.2) is 4.90 Å². The van der Waals surface area contributed by atoms with E-state index in [4.69, 9.17) is 4.74 Å². The lowest BCUT2D eigenvalue weighted by Gasteiger charge is -2.16. The average Bonchev–Trinajstić information content (AvgIpc) is 3.12. The van der Waals surface area contributed by atoms with Gasteiger partial charge in [-0.05, 0) is 61.5 Å². The van der Waals surface area contributed by atoms with Crippen molar-refractivity contribution in [2.75, 3.05) is 18.1 Å². The topological polar surface area (TPSA) is 58.6 Å². The van der Waals surface area contributed by atoms with Crippen molar-refractivity contribution < 1.29 is 14.3 Å². The number of carbonyl (C=O) groups excluding carboxylic acids is 2. The molecule has 0 radical (unpaired) electrons. The van der Waals surface area contributed by atoms with Crippen molar-refractivity contribution in [2.24, 2.45) is 0 Å². The summed E-state index contributed by atoms with van der Waals surface area (Å²) in [4.78, 5) is 27.5. The largest absolute Gasteiger partial charge is 0.494 e. The molecule has 1 aromatic heterocycles. The Bertz CT molecular complexity index is 754. The predicted molar refractivity (Wildman–Crippen MR) is 99.3 cm³/mol. The maximum Gasteiger partial charge on any atom is 0.251 e. The highest BCUT2D eigenvalue weighted by atomic mass is 32.1. The van der Waals surface area contributed by atoms with Gasteiger partial charge in [0.2, 0.25) is 5.91 Å². The molecular formula is C19H22N2O3S. The Labute approximate surface area is 151 Å². The van der Waals surface area contributed by atoms with E-state index in [9.17, 15) is 9.59 Å². The van der Waals surface area contributed by atoms with Gasteiger partial charge in [-0.2, -0.15) is 0 Å².